The molecule has 5 heteroatoms. The number of rotatable bonds is 1. The van der Waals surface area contributed by atoms with Gasteiger partial charge in [0.25, 0.3) is 0 Å². The Labute approximate surface area is 60.8 Å². The molecule has 1 aromatic heterocycles. The molecule has 0 aromatic carbocycles. The Morgan fingerprint density at radius 2 is 2.18 bits per heavy atom. The summed E-state index contributed by atoms with van der Waals surface area (Å²) in [4.78, 5) is 4.90. The fraction of sp³-hybridized carbons (Fsp3) is 0.167. The average molecular weight is 162 g/mol. The van der Waals surface area contributed by atoms with Crippen LogP contribution in [0.5, 0.6) is 0 Å². The van der Waals surface area contributed by atoms with Crippen molar-refractivity contribution < 1.29 is 13.2 Å². The molecular weight excluding hydrogens is 157 g/mol. The Hall–Kier alpha value is -1.26. The molecule has 11 heavy (non-hydrogen) atoms. The highest BCUT2D eigenvalue weighted by molar-refractivity contribution is 5.77. The monoisotopic (exact) mass is 162 g/mol. The molecule has 0 saturated heterocycles. The number of alkyl halides is 3. The SMILES string of the molecule is FC(F)(F)N=Cc1ccc[nH]1. The molecule has 0 bridgehead atoms. The summed E-state index contributed by atoms with van der Waals surface area (Å²) in [5.74, 6) is 0. The Morgan fingerprint density at radius 1 is 1.45 bits per heavy atom. The zero-order valence-corrected chi connectivity index (χ0v) is 5.39. The summed E-state index contributed by atoms with van der Waals surface area (Å²) in [6, 6.07) is 3.09. The minimum absolute atomic E-state index is 0.335. The van der Waals surface area contributed by atoms with E-state index in [-0.39, 0.29) is 0 Å². The average Bonchev–Trinajstić information content (AvgIpc) is 2.32. The summed E-state index contributed by atoms with van der Waals surface area (Å²) in [6.45, 7) is 0. The van der Waals surface area contributed by atoms with Crippen molar-refractivity contribution in [2.75, 3.05) is 0 Å². The third kappa shape index (κ3) is 2.88. The molecule has 1 rings (SSSR count). The number of hydrogen-bond donors (Lipinski definition) is 1. The van der Waals surface area contributed by atoms with Crippen LogP contribution in [0, 0.1) is 0 Å². The van der Waals surface area contributed by atoms with Gasteiger partial charge in [-0.3, -0.25) is 0 Å². The van der Waals surface area contributed by atoms with Crippen molar-refractivity contribution in [3.8, 4) is 0 Å². The molecule has 2 nitrogen and oxygen atoms in total. The molecule has 0 unspecified atom stereocenters. The van der Waals surface area contributed by atoms with Crippen LogP contribution in [0.2, 0.25) is 0 Å². The molecule has 0 aliphatic rings. The van der Waals surface area contributed by atoms with Gasteiger partial charge in [0.15, 0.2) is 0 Å². The first-order chi connectivity index (χ1) is 5.08. The van der Waals surface area contributed by atoms with Gasteiger partial charge in [0.2, 0.25) is 0 Å². The van der Waals surface area contributed by atoms with Crippen LogP contribution in [0.1, 0.15) is 5.69 Å². The highest BCUT2D eigenvalue weighted by Gasteiger charge is 2.24. The van der Waals surface area contributed by atoms with Crippen LogP contribution >= 0.6 is 0 Å². The first-order valence-corrected chi connectivity index (χ1v) is 2.83. The van der Waals surface area contributed by atoms with E-state index in [1.165, 1.54) is 12.3 Å². The highest BCUT2D eigenvalue weighted by Crippen LogP contribution is 2.15. The third-order valence-electron chi connectivity index (χ3n) is 0.972. The van der Waals surface area contributed by atoms with Crippen LogP contribution in [0.4, 0.5) is 13.2 Å². The minimum atomic E-state index is -4.48. The smallest absolute Gasteiger partial charge is 0.360 e. The van der Waals surface area contributed by atoms with Crippen LogP contribution < -0.4 is 0 Å². The number of aromatic amines is 1. The van der Waals surface area contributed by atoms with Gasteiger partial charge >= 0.3 is 6.30 Å². The van der Waals surface area contributed by atoms with Gasteiger partial charge in [-0.2, -0.15) is 4.99 Å². The van der Waals surface area contributed by atoms with E-state index >= 15 is 0 Å². The topological polar surface area (TPSA) is 28.1 Å². The molecule has 0 saturated carbocycles. The number of halogens is 3. The van der Waals surface area contributed by atoms with Gasteiger partial charge in [0, 0.05) is 6.20 Å². The van der Waals surface area contributed by atoms with Crippen molar-refractivity contribution in [2.45, 2.75) is 6.30 Å². The lowest BCUT2D eigenvalue weighted by Gasteiger charge is -1.94. The molecule has 0 atom stereocenters. The van der Waals surface area contributed by atoms with Crippen molar-refractivity contribution >= 4 is 6.21 Å². The molecule has 0 aliphatic heterocycles. The largest absolute Gasteiger partial charge is 0.503 e. The second-order valence-electron chi connectivity index (χ2n) is 1.85. The number of nitrogens with zero attached hydrogens (tertiary/aromatic N) is 1. The predicted molar refractivity (Wildman–Crippen MR) is 34.4 cm³/mol. The number of aromatic nitrogens is 1. The highest BCUT2D eigenvalue weighted by atomic mass is 19.4. The van der Waals surface area contributed by atoms with Crippen molar-refractivity contribution in [1.29, 1.82) is 0 Å². The number of hydrogen-bond acceptors (Lipinski definition) is 1. The molecule has 0 aliphatic carbocycles. The quantitative estimate of drug-likeness (QED) is 0.483. The van der Waals surface area contributed by atoms with Crippen molar-refractivity contribution in [2.24, 2.45) is 4.99 Å². The van der Waals surface area contributed by atoms with Gasteiger partial charge in [-0.05, 0) is 12.1 Å². The van der Waals surface area contributed by atoms with Gasteiger partial charge in [0.05, 0.1) is 11.9 Å². The van der Waals surface area contributed by atoms with Gasteiger partial charge in [-0.15, -0.1) is 13.2 Å². The minimum Gasteiger partial charge on any atom is -0.360 e. The van der Waals surface area contributed by atoms with Gasteiger partial charge in [-0.1, -0.05) is 0 Å². The standard InChI is InChI=1S/C6H5F3N2/c7-6(8,9)11-4-5-2-1-3-10-5/h1-4,10H. The summed E-state index contributed by atoms with van der Waals surface area (Å²) < 4.78 is 34.3. The zero-order chi connectivity index (χ0) is 8.32. The Morgan fingerprint density at radius 3 is 2.64 bits per heavy atom. The fourth-order valence-corrected chi connectivity index (χ4v) is 0.567. The first kappa shape index (κ1) is 7.84. The van der Waals surface area contributed by atoms with E-state index in [2.05, 4.69) is 9.98 Å². The second kappa shape index (κ2) is 2.77. The van der Waals surface area contributed by atoms with E-state index in [9.17, 15) is 13.2 Å². The Balaban J connectivity index is 2.63. The Kier molecular flexibility index (Phi) is 1.98. The molecule has 0 radical (unpaired) electrons. The fourth-order valence-electron chi connectivity index (χ4n) is 0.567. The van der Waals surface area contributed by atoms with Crippen LogP contribution in [-0.2, 0) is 0 Å². The van der Waals surface area contributed by atoms with Gasteiger partial charge in [-0.25, -0.2) is 0 Å². The molecule has 0 fully saturated rings. The van der Waals surface area contributed by atoms with E-state index in [1.54, 1.807) is 6.07 Å². The molecule has 1 heterocycles. The molecule has 0 spiro atoms. The summed E-state index contributed by atoms with van der Waals surface area (Å²) in [5, 5.41) is 0. The summed E-state index contributed by atoms with van der Waals surface area (Å²) in [5.41, 5.74) is 0.335. The van der Waals surface area contributed by atoms with E-state index in [0.29, 0.717) is 5.69 Å². The maximum absolute atomic E-state index is 11.4. The lowest BCUT2D eigenvalue weighted by Crippen LogP contribution is -2.02. The van der Waals surface area contributed by atoms with E-state index in [4.69, 9.17) is 0 Å². The molecule has 1 aromatic rings. The maximum Gasteiger partial charge on any atom is 0.503 e. The maximum atomic E-state index is 11.4. The van der Waals surface area contributed by atoms with Crippen molar-refractivity contribution in [3.05, 3.63) is 24.0 Å². The molecule has 0 amide bonds. The molecule has 60 valence electrons. The van der Waals surface area contributed by atoms with Crippen LogP contribution in [0.25, 0.3) is 0 Å². The normalized spacial score (nSPS) is 12.6. The van der Waals surface area contributed by atoms with E-state index in [1.807, 2.05) is 0 Å². The van der Waals surface area contributed by atoms with Crippen molar-refractivity contribution in [1.82, 2.24) is 4.98 Å². The predicted octanol–water partition coefficient (Wildman–Crippen LogP) is 1.95. The second-order valence-corrected chi connectivity index (χ2v) is 1.85. The lowest BCUT2D eigenvalue weighted by atomic mass is 10.5. The van der Waals surface area contributed by atoms with Gasteiger partial charge in [0.1, 0.15) is 0 Å². The number of nitrogens with one attached hydrogen (secondary N) is 1. The zero-order valence-electron chi connectivity index (χ0n) is 5.39. The third-order valence-corrected chi connectivity index (χ3v) is 0.972. The lowest BCUT2D eigenvalue weighted by molar-refractivity contribution is -0.119. The Bertz CT molecular complexity index is 235. The van der Waals surface area contributed by atoms with Crippen LogP contribution in [0.15, 0.2) is 23.3 Å². The van der Waals surface area contributed by atoms with E-state index in [0.717, 1.165) is 6.21 Å². The summed E-state index contributed by atoms with van der Waals surface area (Å²) in [6.07, 6.45) is -2.22. The number of H-pyrrole nitrogens is 1. The van der Waals surface area contributed by atoms with Gasteiger partial charge < -0.3 is 4.98 Å². The molecular formula is C6H5F3N2. The van der Waals surface area contributed by atoms with Crippen LogP contribution in [0.3, 0.4) is 0 Å². The van der Waals surface area contributed by atoms with Crippen molar-refractivity contribution in [3.63, 3.8) is 0 Å². The van der Waals surface area contributed by atoms with E-state index < -0.39 is 6.30 Å². The summed E-state index contributed by atoms with van der Waals surface area (Å²) in [7, 11) is 0. The number of aliphatic imine (C=N–C) groups is 1. The summed E-state index contributed by atoms with van der Waals surface area (Å²) >= 11 is 0. The first-order valence-electron chi connectivity index (χ1n) is 2.83. The van der Waals surface area contributed by atoms with Crippen LogP contribution in [-0.4, -0.2) is 17.5 Å². The molecule has 1 N–H and O–H groups in total.